The summed E-state index contributed by atoms with van der Waals surface area (Å²) in [5.41, 5.74) is 4.14. The molecule has 3 rings (SSSR count). The first kappa shape index (κ1) is 18.9. The Bertz CT molecular complexity index is 815. The van der Waals surface area contributed by atoms with E-state index in [4.69, 9.17) is 4.74 Å². The largest absolute Gasteiger partial charge is 0.373 e. The quantitative estimate of drug-likeness (QED) is 0.742. The topological polar surface area (TPSA) is 67.4 Å². The van der Waals surface area contributed by atoms with E-state index in [2.05, 4.69) is 35.4 Å². The number of hydrogen-bond acceptors (Lipinski definition) is 3. The molecule has 2 amide bonds. The van der Waals surface area contributed by atoms with Gasteiger partial charge in [-0.2, -0.15) is 0 Å². The van der Waals surface area contributed by atoms with E-state index in [0.29, 0.717) is 18.7 Å². The van der Waals surface area contributed by atoms with Gasteiger partial charge in [-0.15, -0.1) is 0 Å². The normalized spacial score (nSPS) is 15.5. The summed E-state index contributed by atoms with van der Waals surface area (Å²) in [6.45, 7) is 4.72. The maximum atomic E-state index is 12.2. The number of carbonyl (C=O) groups is 2. The lowest BCUT2D eigenvalue weighted by atomic mass is 9.96. The molecular formula is C22H24N2O3. The summed E-state index contributed by atoms with van der Waals surface area (Å²) in [6, 6.07) is 15.5. The van der Waals surface area contributed by atoms with Gasteiger partial charge >= 0.3 is 0 Å². The lowest BCUT2D eigenvalue weighted by molar-refractivity contribution is -0.120. The zero-order chi connectivity index (χ0) is 19.1. The molecule has 0 bridgehead atoms. The van der Waals surface area contributed by atoms with E-state index in [-0.39, 0.29) is 17.9 Å². The molecule has 1 aliphatic rings. The molecule has 0 saturated carbocycles. The van der Waals surface area contributed by atoms with E-state index < -0.39 is 0 Å². The molecule has 1 aliphatic heterocycles. The molecular weight excluding hydrogens is 340 g/mol. The van der Waals surface area contributed by atoms with Crippen molar-refractivity contribution in [3.8, 4) is 0 Å². The van der Waals surface area contributed by atoms with Gasteiger partial charge in [0.05, 0.1) is 19.1 Å². The number of fused-ring (bicyclic) bond motifs is 1. The number of anilines is 1. The fourth-order valence-corrected chi connectivity index (χ4v) is 3.21. The van der Waals surface area contributed by atoms with Crippen LogP contribution in [0, 0.1) is 0 Å². The van der Waals surface area contributed by atoms with E-state index in [1.54, 1.807) is 12.1 Å². The fraction of sp³-hybridized carbons (Fsp3) is 0.273. The number of benzene rings is 2. The zero-order valence-corrected chi connectivity index (χ0v) is 15.2. The standard InChI is InChI=1S/C22H24N2O3/c1-2-21(25)24-18-9-7-16(8-10-18)15-22(26)23-13-11-20-19-6-4-3-5-17(19)12-14-27-20/h2-10,20H,1,11-15H2,(H,23,26)(H,24,25). The van der Waals surface area contributed by atoms with Crippen molar-refractivity contribution in [3.05, 3.63) is 77.9 Å². The van der Waals surface area contributed by atoms with Crippen molar-refractivity contribution in [3.63, 3.8) is 0 Å². The first-order valence-electron chi connectivity index (χ1n) is 9.14. The van der Waals surface area contributed by atoms with Crippen molar-refractivity contribution in [2.24, 2.45) is 0 Å². The van der Waals surface area contributed by atoms with Crippen LogP contribution in [0.3, 0.4) is 0 Å². The van der Waals surface area contributed by atoms with Crippen LogP contribution in [0.2, 0.25) is 0 Å². The Kier molecular flexibility index (Phi) is 6.39. The smallest absolute Gasteiger partial charge is 0.247 e. The molecule has 27 heavy (non-hydrogen) atoms. The van der Waals surface area contributed by atoms with Gasteiger partial charge in [0.25, 0.3) is 0 Å². The summed E-state index contributed by atoms with van der Waals surface area (Å²) >= 11 is 0. The molecule has 1 unspecified atom stereocenters. The first-order valence-corrected chi connectivity index (χ1v) is 9.14. The third-order valence-corrected chi connectivity index (χ3v) is 4.59. The molecule has 2 aromatic carbocycles. The highest BCUT2D eigenvalue weighted by atomic mass is 16.5. The Balaban J connectivity index is 1.45. The number of rotatable bonds is 7. The summed E-state index contributed by atoms with van der Waals surface area (Å²) in [5.74, 6) is -0.283. The van der Waals surface area contributed by atoms with Gasteiger partial charge in [-0.1, -0.05) is 43.0 Å². The number of carbonyl (C=O) groups excluding carboxylic acids is 2. The zero-order valence-electron chi connectivity index (χ0n) is 15.2. The van der Waals surface area contributed by atoms with Crippen molar-refractivity contribution >= 4 is 17.5 Å². The molecule has 0 aliphatic carbocycles. The minimum absolute atomic E-state index is 0.0260. The van der Waals surface area contributed by atoms with E-state index >= 15 is 0 Å². The molecule has 1 atom stereocenters. The van der Waals surface area contributed by atoms with Crippen molar-refractivity contribution in [2.75, 3.05) is 18.5 Å². The summed E-state index contributed by atoms with van der Waals surface area (Å²) in [6.07, 6.45) is 3.27. The first-order chi connectivity index (χ1) is 13.2. The molecule has 5 heteroatoms. The van der Waals surface area contributed by atoms with Gasteiger partial charge in [0.1, 0.15) is 0 Å². The lowest BCUT2D eigenvalue weighted by Gasteiger charge is -2.26. The maximum absolute atomic E-state index is 12.2. The predicted molar refractivity (Wildman–Crippen MR) is 105 cm³/mol. The van der Waals surface area contributed by atoms with Crippen molar-refractivity contribution in [2.45, 2.75) is 25.4 Å². The number of nitrogens with one attached hydrogen (secondary N) is 2. The second kappa shape index (κ2) is 9.14. The molecule has 5 nitrogen and oxygen atoms in total. The Labute approximate surface area is 159 Å². The Morgan fingerprint density at radius 2 is 1.93 bits per heavy atom. The van der Waals surface area contributed by atoms with Gasteiger partial charge in [0.15, 0.2) is 0 Å². The van der Waals surface area contributed by atoms with Gasteiger partial charge in [-0.05, 0) is 47.7 Å². The molecule has 0 spiro atoms. The van der Waals surface area contributed by atoms with E-state index in [9.17, 15) is 9.59 Å². The predicted octanol–water partition coefficient (Wildman–Crippen LogP) is 3.17. The highest BCUT2D eigenvalue weighted by Crippen LogP contribution is 2.28. The highest BCUT2D eigenvalue weighted by molar-refractivity contribution is 5.98. The molecule has 1 heterocycles. The van der Waals surface area contributed by atoms with Crippen molar-refractivity contribution in [1.82, 2.24) is 5.32 Å². The minimum Gasteiger partial charge on any atom is -0.373 e. The fourth-order valence-electron chi connectivity index (χ4n) is 3.21. The van der Waals surface area contributed by atoms with Gasteiger partial charge in [0.2, 0.25) is 11.8 Å². The van der Waals surface area contributed by atoms with Crippen LogP contribution in [0.25, 0.3) is 0 Å². The van der Waals surface area contributed by atoms with Crippen LogP contribution in [0.4, 0.5) is 5.69 Å². The Morgan fingerprint density at radius 3 is 2.70 bits per heavy atom. The third kappa shape index (κ3) is 5.28. The van der Waals surface area contributed by atoms with Crippen molar-refractivity contribution < 1.29 is 14.3 Å². The van der Waals surface area contributed by atoms with Crippen LogP contribution in [0.15, 0.2) is 61.2 Å². The lowest BCUT2D eigenvalue weighted by Crippen LogP contribution is -2.28. The van der Waals surface area contributed by atoms with Crippen molar-refractivity contribution in [1.29, 1.82) is 0 Å². The van der Waals surface area contributed by atoms with Gasteiger partial charge in [0, 0.05) is 12.2 Å². The Morgan fingerprint density at radius 1 is 1.15 bits per heavy atom. The number of ether oxygens (including phenoxy) is 1. The second-order valence-corrected chi connectivity index (χ2v) is 6.51. The van der Waals surface area contributed by atoms with Crippen LogP contribution in [-0.2, 0) is 27.2 Å². The van der Waals surface area contributed by atoms with Crippen LogP contribution in [0.1, 0.15) is 29.2 Å². The average molecular weight is 364 g/mol. The summed E-state index contributed by atoms with van der Waals surface area (Å²) in [4.78, 5) is 23.4. The Hall–Kier alpha value is -2.92. The van der Waals surface area contributed by atoms with Gasteiger partial charge in [-0.25, -0.2) is 0 Å². The highest BCUT2D eigenvalue weighted by Gasteiger charge is 2.20. The molecule has 2 aromatic rings. The summed E-state index contributed by atoms with van der Waals surface area (Å²) in [5, 5.41) is 5.64. The van der Waals surface area contributed by atoms with Crippen LogP contribution >= 0.6 is 0 Å². The second-order valence-electron chi connectivity index (χ2n) is 6.51. The molecule has 140 valence electrons. The minimum atomic E-state index is -0.257. The molecule has 0 radical (unpaired) electrons. The van der Waals surface area contributed by atoms with Crippen LogP contribution < -0.4 is 10.6 Å². The molecule has 0 saturated heterocycles. The monoisotopic (exact) mass is 364 g/mol. The molecule has 0 fully saturated rings. The van der Waals surface area contributed by atoms with E-state index in [1.807, 2.05) is 18.2 Å². The van der Waals surface area contributed by atoms with Crippen LogP contribution in [-0.4, -0.2) is 25.0 Å². The van der Waals surface area contributed by atoms with Crippen LogP contribution in [0.5, 0.6) is 0 Å². The average Bonchev–Trinajstić information content (AvgIpc) is 2.69. The van der Waals surface area contributed by atoms with Gasteiger partial charge < -0.3 is 15.4 Å². The third-order valence-electron chi connectivity index (χ3n) is 4.59. The van der Waals surface area contributed by atoms with E-state index in [1.165, 1.54) is 17.2 Å². The maximum Gasteiger partial charge on any atom is 0.247 e. The van der Waals surface area contributed by atoms with E-state index in [0.717, 1.165) is 25.0 Å². The number of hydrogen-bond donors (Lipinski definition) is 2. The summed E-state index contributed by atoms with van der Waals surface area (Å²) < 4.78 is 5.87. The SMILES string of the molecule is C=CC(=O)Nc1ccc(CC(=O)NCCC2OCCc3ccccc32)cc1. The summed E-state index contributed by atoms with van der Waals surface area (Å²) in [7, 11) is 0. The van der Waals surface area contributed by atoms with Gasteiger partial charge in [-0.3, -0.25) is 9.59 Å². The molecule has 2 N–H and O–H groups in total. The number of amides is 2. The molecule has 0 aromatic heterocycles.